The molecule has 7 nitrogen and oxygen atoms in total. The molecule has 0 bridgehead atoms. The Bertz CT molecular complexity index is 622. The lowest BCUT2D eigenvalue weighted by Gasteiger charge is -2.57. The normalized spacial score (nSPS) is 24.0. The fourth-order valence-electron chi connectivity index (χ4n) is 2.83. The minimum Gasteiger partial charge on any atom is -0.466 e. The molecule has 2 atom stereocenters. The maximum Gasteiger partial charge on any atom is 0.311 e. The van der Waals surface area contributed by atoms with Crippen molar-refractivity contribution in [3.63, 3.8) is 0 Å². The van der Waals surface area contributed by atoms with Crippen LogP contribution in [0.2, 0.25) is 0 Å². The first kappa shape index (κ1) is 21.8. The van der Waals surface area contributed by atoms with Crippen LogP contribution in [-0.2, 0) is 25.5 Å². The number of thiazole rings is 1. The van der Waals surface area contributed by atoms with Gasteiger partial charge in [0.1, 0.15) is 5.54 Å². The van der Waals surface area contributed by atoms with Gasteiger partial charge in [0.05, 0.1) is 24.8 Å². The Hall–Kier alpha value is -1.22. The van der Waals surface area contributed by atoms with Gasteiger partial charge in [-0.25, -0.2) is 4.98 Å². The van der Waals surface area contributed by atoms with Crippen molar-refractivity contribution in [1.29, 1.82) is 0 Å². The number of nitrogens with one attached hydrogen (secondary N) is 1. The van der Waals surface area contributed by atoms with Crippen LogP contribution in [-0.4, -0.2) is 41.7 Å². The molecule has 1 aromatic rings. The van der Waals surface area contributed by atoms with E-state index in [-0.39, 0.29) is 36.8 Å². The molecule has 1 aliphatic rings. The van der Waals surface area contributed by atoms with E-state index in [2.05, 4.69) is 10.3 Å². The van der Waals surface area contributed by atoms with Crippen molar-refractivity contribution in [3.8, 4) is 0 Å². The molecule has 1 fully saturated rings. The highest BCUT2D eigenvalue weighted by Gasteiger charge is 2.62. The lowest BCUT2D eigenvalue weighted by atomic mass is 9.54. The maximum absolute atomic E-state index is 12.6. The van der Waals surface area contributed by atoms with E-state index in [1.54, 1.807) is 12.3 Å². The second-order valence-electron chi connectivity index (χ2n) is 6.42. The SMILES string of the molecule is CCOC(=O)Cc1csc(NC(=O)C2(N)CC(OCC)C2(C)C)n1.Cl. The number of halogens is 1. The molecule has 0 saturated heterocycles. The summed E-state index contributed by atoms with van der Waals surface area (Å²) < 4.78 is 10.5. The molecule has 0 aliphatic heterocycles. The van der Waals surface area contributed by atoms with Crippen molar-refractivity contribution in [2.75, 3.05) is 18.5 Å². The number of hydrogen-bond acceptors (Lipinski definition) is 7. The van der Waals surface area contributed by atoms with Crippen molar-refractivity contribution in [3.05, 3.63) is 11.1 Å². The third-order valence-electron chi connectivity index (χ3n) is 4.64. The van der Waals surface area contributed by atoms with Crippen LogP contribution >= 0.6 is 23.7 Å². The quantitative estimate of drug-likeness (QED) is 0.690. The van der Waals surface area contributed by atoms with Gasteiger partial charge in [0, 0.05) is 23.8 Å². The van der Waals surface area contributed by atoms with Crippen LogP contribution in [0.15, 0.2) is 5.38 Å². The summed E-state index contributed by atoms with van der Waals surface area (Å²) in [6.45, 7) is 8.47. The van der Waals surface area contributed by atoms with Crippen molar-refractivity contribution in [1.82, 2.24) is 4.98 Å². The highest BCUT2D eigenvalue weighted by atomic mass is 35.5. The smallest absolute Gasteiger partial charge is 0.311 e. The fourth-order valence-corrected chi connectivity index (χ4v) is 3.54. The van der Waals surface area contributed by atoms with Crippen LogP contribution in [0.25, 0.3) is 0 Å². The van der Waals surface area contributed by atoms with Gasteiger partial charge in [0.2, 0.25) is 5.91 Å². The number of carbonyl (C=O) groups excluding carboxylic acids is 2. The summed E-state index contributed by atoms with van der Waals surface area (Å²) in [5.41, 5.74) is 5.44. The Balaban J connectivity index is 0.00000312. The molecule has 1 aliphatic carbocycles. The molecule has 142 valence electrons. The Morgan fingerprint density at radius 2 is 2.08 bits per heavy atom. The second kappa shape index (κ2) is 8.44. The fraction of sp³-hybridized carbons (Fsp3) is 0.688. The molecular formula is C16H26ClN3O4S. The average Bonchev–Trinajstić information content (AvgIpc) is 2.93. The zero-order valence-corrected chi connectivity index (χ0v) is 16.6. The number of hydrogen-bond donors (Lipinski definition) is 2. The number of nitrogens with two attached hydrogens (primary N) is 1. The minimum atomic E-state index is -1.00. The number of rotatable bonds is 7. The number of ether oxygens (including phenoxy) is 2. The van der Waals surface area contributed by atoms with Crippen LogP contribution in [0.1, 0.15) is 39.8 Å². The van der Waals surface area contributed by atoms with Crippen LogP contribution in [0.5, 0.6) is 0 Å². The Kier molecular flexibility index (Phi) is 7.37. The summed E-state index contributed by atoms with van der Waals surface area (Å²) in [6.07, 6.45) is 0.529. The summed E-state index contributed by atoms with van der Waals surface area (Å²) in [4.78, 5) is 28.3. The first-order valence-corrected chi connectivity index (χ1v) is 8.94. The van der Waals surface area contributed by atoms with Crippen molar-refractivity contribution in [2.45, 2.75) is 52.2 Å². The number of carbonyl (C=O) groups is 2. The van der Waals surface area contributed by atoms with E-state index in [9.17, 15) is 9.59 Å². The summed E-state index contributed by atoms with van der Waals surface area (Å²) in [6, 6.07) is 0. The van der Waals surface area contributed by atoms with E-state index in [0.29, 0.717) is 30.5 Å². The van der Waals surface area contributed by atoms with Gasteiger partial charge in [0.25, 0.3) is 0 Å². The van der Waals surface area contributed by atoms with E-state index >= 15 is 0 Å². The van der Waals surface area contributed by atoms with E-state index in [4.69, 9.17) is 15.2 Å². The molecule has 2 rings (SSSR count). The van der Waals surface area contributed by atoms with Gasteiger partial charge in [0.15, 0.2) is 5.13 Å². The van der Waals surface area contributed by atoms with E-state index in [1.165, 1.54) is 11.3 Å². The molecule has 0 radical (unpaired) electrons. The number of esters is 1. The van der Waals surface area contributed by atoms with E-state index in [1.807, 2.05) is 20.8 Å². The zero-order chi connectivity index (χ0) is 18.0. The molecule has 1 saturated carbocycles. The molecule has 9 heteroatoms. The molecule has 25 heavy (non-hydrogen) atoms. The molecular weight excluding hydrogens is 366 g/mol. The minimum absolute atomic E-state index is 0. The van der Waals surface area contributed by atoms with Gasteiger partial charge in [-0.05, 0) is 13.8 Å². The van der Waals surface area contributed by atoms with Gasteiger partial charge < -0.3 is 20.5 Å². The van der Waals surface area contributed by atoms with Crippen molar-refractivity contribution in [2.24, 2.45) is 11.1 Å². The van der Waals surface area contributed by atoms with Crippen LogP contribution < -0.4 is 11.1 Å². The Labute approximate surface area is 158 Å². The number of amides is 1. The van der Waals surface area contributed by atoms with E-state index < -0.39 is 11.0 Å². The largest absolute Gasteiger partial charge is 0.466 e. The number of aromatic nitrogens is 1. The molecule has 0 aromatic carbocycles. The van der Waals surface area contributed by atoms with Gasteiger partial charge in [-0.3, -0.25) is 9.59 Å². The lowest BCUT2D eigenvalue weighted by molar-refractivity contribution is -0.166. The first-order valence-electron chi connectivity index (χ1n) is 8.06. The molecule has 2 unspecified atom stereocenters. The summed E-state index contributed by atoms with van der Waals surface area (Å²) >= 11 is 1.26. The van der Waals surface area contributed by atoms with Crippen LogP contribution in [0, 0.1) is 5.41 Å². The summed E-state index contributed by atoms with van der Waals surface area (Å²) in [5, 5.41) is 4.92. The molecule has 1 aromatic heterocycles. The second-order valence-corrected chi connectivity index (χ2v) is 7.28. The third kappa shape index (κ3) is 4.31. The maximum atomic E-state index is 12.6. The Morgan fingerprint density at radius 1 is 1.40 bits per heavy atom. The van der Waals surface area contributed by atoms with Gasteiger partial charge in [-0.2, -0.15) is 0 Å². The molecule has 3 N–H and O–H groups in total. The predicted molar refractivity (Wildman–Crippen MR) is 99.1 cm³/mol. The van der Waals surface area contributed by atoms with Crippen molar-refractivity contribution < 1.29 is 19.1 Å². The van der Waals surface area contributed by atoms with Gasteiger partial charge >= 0.3 is 5.97 Å². The third-order valence-corrected chi connectivity index (χ3v) is 5.44. The Morgan fingerprint density at radius 3 is 2.64 bits per heavy atom. The van der Waals surface area contributed by atoms with E-state index in [0.717, 1.165) is 0 Å². The standard InChI is InChI=1S/C16H25N3O4S.ClH/c1-5-22-11-8-16(17,15(11,3)4)13(21)19-14-18-10(9-24-14)7-12(20)23-6-2;/h9,11H,5-8,17H2,1-4H3,(H,18,19,21);1H. The summed E-state index contributed by atoms with van der Waals surface area (Å²) in [5.74, 6) is -0.615. The molecule has 1 amide bonds. The van der Waals surface area contributed by atoms with Gasteiger partial charge in [-0.15, -0.1) is 23.7 Å². The number of nitrogens with zero attached hydrogens (tertiary/aromatic N) is 1. The molecule has 0 spiro atoms. The van der Waals surface area contributed by atoms with Gasteiger partial charge in [-0.1, -0.05) is 13.8 Å². The highest BCUT2D eigenvalue weighted by Crippen LogP contribution is 2.50. The topological polar surface area (TPSA) is 104 Å². The van der Waals surface area contributed by atoms with Crippen LogP contribution in [0.3, 0.4) is 0 Å². The monoisotopic (exact) mass is 391 g/mol. The predicted octanol–water partition coefficient (Wildman–Crippen LogP) is 2.14. The summed E-state index contributed by atoms with van der Waals surface area (Å²) in [7, 11) is 0. The zero-order valence-electron chi connectivity index (χ0n) is 15.0. The molecule has 1 heterocycles. The first-order chi connectivity index (χ1) is 11.2. The lowest BCUT2D eigenvalue weighted by Crippen LogP contribution is -2.74. The number of anilines is 1. The van der Waals surface area contributed by atoms with Crippen molar-refractivity contribution >= 4 is 40.8 Å². The highest BCUT2D eigenvalue weighted by molar-refractivity contribution is 7.14. The average molecular weight is 392 g/mol. The van der Waals surface area contributed by atoms with Crippen LogP contribution in [0.4, 0.5) is 5.13 Å².